The molecule has 1 amide bonds. The Kier molecular flexibility index (Phi) is 5.79. The number of carbonyl (C=O) groups excluding carboxylic acids is 1. The van der Waals surface area contributed by atoms with Crippen molar-refractivity contribution in [1.29, 1.82) is 0 Å². The molecule has 2 aromatic rings. The molecule has 0 fully saturated rings. The van der Waals surface area contributed by atoms with Crippen LogP contribution in [0.4, 0.5) is 5.69 Å². The Hall–Kier alpha value is -2.34. The fourth-order valence-electron chi connectivity index (χ4n) is 3.92. The second-order valence-electron chi connectivity index (χ2n) is 7.68. The van der Waals surface area contributed by atoms with Gasteiger partial charge >= 0.3 is 0 Å². The van der Waals surface area contributed by atoms with Gasteiger partial charge in [-0.3, -0.25) is 9.10 Å². The third kappa shape index (κ3) is 4.38. The Morgan fingerprint density at radius 3 is 2.39 bits per heavy atom. The topological polar surface area (TPSA) is 66.5 Å². The first-order valence-electron chi connectivity index (χ1n) is 9.62. The molecule has 0 spiro atoms. The summed E-state index contributed by atoms with van der Waals surface area (Å²) in [7, 11) is -3.59. The Morgan fingerprint density at radius 1 is 1.11 bits per heavy atom. The summed E-state index contributed by atoms with van der Waals surface area (Å²) in [6.45, 7) is 5.40. The summed E-state index contributed by atoms with van der Waals surface area (Å²) in [6.07, 6.45) is 4.52. The van der Waals surface area contributed by atoms with Crippen LogP contribution in [0.15, 0.2) is 36.4 Å². The lowest BCUT2D eigenvalue weighted by molar-refractivity contribution is -0.120. The normalized spacial score (nSPS) is 14.4. The number of hydrogen-bond donors (Lipinski definition) is 1. The third-order valence-electron chi connectivity index (χ3n) is 5.38. The van der Waals surface area contributed by atoms with E-state index in [1.165, 1.54) is 21.9 Å². The first kappa shape index (κ1) is 20.4. The van der Waals surface area contributed by atoms with Crippen LogP contribution < -0.4 is 9.62 Å². The van der Waals surface area contributed by atoms with Gasteiger partial charge in [0.25, 0.3) is 0 Å². The average molecular weight is 401 g/mol. The number of hydrogen-bond acceptors (Lipinski definition) is 3. The Morgan fingerprint density at radius 2 is 1.75 bits per heavy atom. The van der Waals surface area contributed by atoms with Crippen LogP contribution in [0.1, 0.15) is 47.2 Å². The van der Waals surface area contributed by atoms with E-state index in [2.05, 4.69) is 23.5 Å². The van der Waals surface area contributed by atoms with Crippen LogP contribution in [0.5, 0.6) is 0 Å². The van der Waals surface area contributed by atoms with Crippen molar-refractivity contribution >= 4 is 21.6 Å². The minimum absolute atomic E-state index is 0.183. The van der Waals surface area contributed by atoms with E-state index in [0.717, 1.165) is 35.8 Å². The van der Waals surface area contributed by atoms with Crippen molar-refractivity contribution in [1.82, 2.24) is 5.32 Å². The fraction of sp³-hybridized carbons (Fsp3) is 0.409. The van der Waals surface area contributed by atoms with Crippen molar-refractivity contribution in [3.63, 3.8) is 0 Å². The molecule has 5 nitrogen and oxygen atoms in total. The molecule has 3 rings (SSSR count). The number of rotatable bonds is 6. The smallest absolute Gasteiger partial charge is 0.241 e. The van der Waals surface area contributed by atoms with E-state index in [-0.39, 0.29) is 18.5 Å². The molecule has 0 saturated heterocycles. The molecular formula is C22H28N2O3S. The van der Waals surface area contributed by atoms with Gasteiger partial charge in [0, 0.05) is 0 Å². The van der Waals surface area contributed by atoms with Gasteiger partial charge in [0.15, 0.2) is 0 Å². The molecule has 28 heavy (non-hydrogen) atoms. The van der Waals surface area contributed by atoms with Gasteiger partial charge < -0.3 is 5.32 Å². The second kappa shape index (κ2) is 7.95. The number of sulfonamides is 1. The molecule has 2 aromatic carbocycles. The number of para-hydroxylation sites is 1. The number of aryl methyl sites for hydroxylation is 4. The van der Waals surface area contributed by atoms with Gasteiger partial charge in [0.1, 0.15) is 6.54 Å². The second-order valence-corrected chi connectivity index (χ2v) is 9.59. The summed E-state index contributed by atoms with van der Waals surface area (Å²) in [4.78, 5) is 12.7. The van der Waals surface area contributed by atoms with Crippen molar-refractivity contribution in [3.8, 4) is 0 Å². The van der Waals surface area contributed by atoms with Crippen LogP contribution >= 0.6 is 0 Å². The van der Waals surface area contributed by atoms with E-state index < -0.39 is 10.0 Å². The molecule has 1 aliphatic carbocycles. The Bertz CT molecular complexity index is 979. The zero-order valence-electron chi connectivity index (χ0n) is 17.0. The quantitative estimate of drug-likeness (QED) is 0.808. The molecular weight excluding hydrogens is 372 g/mol. The van der Waals surface area contributed by atoms with E-state index in [4.69, 9.17) is 0 Å². The highest BCUT2D eigenvalue weighted by Crippen LogP contribution is 2.27. The monoisotopic (exact) mass is 400 g/mol. The molecule has 0 radical (unpaired) electrons. The van der Waals surface area contributed by atoms with Gasteiger partial charge in [-0.05, 0) is 67.9 Å². The van der Waals surface area contributed by atoms with Crippen LogP contribution in [-0.4, -0.2) is 27.1 Å². The van der Waals surface area contributed by atoms with Crippen LogP contribution in [-0.2, 0) is 27.7 Å². The lowest BCUT2D eigenvalue weighted by atomic mass is 10.0. The summed E-state index contributed by atoms with van der Waals surface area (Å²) in [5.41, 5.74) is 6.01. The molecule has 0 heterocycles. The van der Waals surface area contributed by atoms with Crippen molar-refractivity contribution in [2.75, 3.05) is 17.1 Å². The standard InChI is InChI=1S/C22H28N2O3S/c1-15-7-5-8-16(2)22(15)24(28(4,26)27)14-21(25)23-17(3)19-12-11-18-9-6-10-20(18)13-19/h5,7-8,11-13,17H,6,9-10,14H2,1-4H3,(H,23,25)/t17-/m1/s1. The molecule has 1 atom stereocenters. The number of amides is 1. The lowest BCUT2D eigenvalue weighted by Crippen LogP contribution is -2.41. The number of anilines is 1. The minimum Gasteiger partial charge on any atom is -0.348 e. The van der Waals surface area contributed by atoms with E-state index >= 15 is 0 Å². The maximum Gasteiger partial charge on any atom is 0.241 e. The van der Waals surface area contributed by atoms with Crippen molar-refractivity contribution in [2.24, 2.45) is 0 Å². The SMILES string of the molecule is Cc1cccc(C)c1N(CC(=O)N[C@H](C)c1ccc2c(c1)CCC2)S(C)(=O)=O. The van der Waals surface area contributed by atoms with Gasteiger partial charge in [-0.1, -0.05) is 36.4 Å². The van der Waals surface area contributed by atoms with Crippen LogP contribution in [0.2, 0.25) is 0 Å². The average Bonchev–Trinajstić information content (AvgIpc) is 3.07. The predicted octanol–water partition coefficient (Wildman–Crippen LogP) is 3.44. The zero-order chi connectivity index (χ0) is 20.5. The van der Waals surface area contributed by atoms with Crippen LogP contribution in [0.3, 0.4) is 0 Å². The molecule has 150 valence electrons. The van der Waals surface area contributed by atoms with Crippen molar-refractivity contribution < 1.29 is 13.2 Å². The summed E-state index contributed by atoms with van der Waals surface area (Å²) >= 11 is 0. The first-order chi connectivity index (χ1) is 13.2. The highest BCUT2D eigenvalue weighted by molar-refractivity contribution is 7.92. The maximum atomic E-state index is 12.7. The molecule has 6 heteroatoms. The summed E-state index contributed by atoms with van der Waals surface area (Å²) < 4.78 is 26.0. The van der Waals surface area contributed by atoms with E-state index in [0.29, 0.717) is 5.69 Å². The van der Waals surface area contributed by atoms with Gasteiger partial charge in [-0.2, -0.15) is 0 Å². The number of carbonyl (C=O) groups is 1. The van der Waals surface area contributed by atoms with Gasteiger partial charge in [0.05, 0.1) is 18.0 Å². The fourth-order valence-corrected chi connectivity index (χ4v) is 4.89. The highest BCUT2D eigenvalue weighted by atomic mass is 32.2. The molecule has 0 aromatic heterocycles. The van der Waals surface area contributed by atoms with E-state index in [9.17, 15) is 13.2 Å². The predicted molar refractivity (Wildman–Crippen MR) is 113 cm³/mol. The largest absolute Gasteiger partial charge is 0.348 e. The Labute approximate surface area is 167 Å². The van der Waals surface area contributed by atoms with E-state index in [1.54, 1.807) is 0 Å². The van der Waals surface area contributed by atoms with Crippen molar-refractivity contribution in [2.45, 2.75) is 46.1 Å². The van der Waals surface area contributed by atoms with E-state index in [1.807, 2.05) is 39.0 Å². The van der Waals surface area contributed by atoms with Gasteiger partial charge in [-0.15, -0.1) is 0 Å². The zero-order valence-corrected chi connectivity index (χ0v) is 17.8. The molecule has 1 aliphatic rings. The lowest BCUT2D eigenvalue weighted by Gasteiger charge is -2.26. The Balaban J connectivity index is 1.77. The minimum atomic E-state index is -3.59. The number of benzene rings is 2. The maximum absolute atomic E-state index is 12.7. The molecule has 1 N–H and O–H groups in total. The summed E-state index contributed by atoms with van der Waals surface area (Å²) in [5, 5.41) is 2.95. The van der Waals surface area contributed by atoms with Crippen molar-refractivity contribution in [3.05, 3.63) is 64.2 Å². The molecule has 0 bridgehead atoms. The highest BCUT2D eigenvalue weighted by Gasteiger charge is 2.24. The number of fused-ring (bicyclic) bond motifs is 1. The van der Waals surface area contributed by atoms with Gasteiger partial charge in [-0.25, -0.2) is 8.42 Å². The number of nitrogens with zero attached hydrogens (tertiary/aromatic N) is 1. The summed E-state index contributed by atoms with van der Waals surface area (Å²) in [6, 6.07) is 11.8. The van der Waals surface area contributed by atoms with Crippen LogP contribution in [0, 0.1) is 13.8 Å². The molecule has 0 aliphatic heterocycles. The van der Waals surface area contributed by atoms with Gasteiger partial charge in [0.2, 0.25) is 15.9 Å². The molecule has 0 unspecified atom stereocenters. The van der Waals surface area contributed by atoms with Crippen LogP contribution in [0.25, 0.3) is 0 Å². The number of nitrogens with one attached hydrogen (secondary N) is 1. The third-order valence-corrected chi connectivity index (χ3v) is 6.49. The molecule has 0 saturated carbocycles. The first-order valence-corrected chi connectivity index (χ1v) is 11.5. The summed E-state index contributed by atoms with van der Waals surface area (Å²) in [5.74, 6) is -0.318.